The molecule has 0 bridgehead atoms. The minimum absolute atomic E-state index is 0.319. The molecule has 0 saturated heterocycles. The molecule has 0 saturated carbocycles. The van der Waals surface area contributed by atoms with Crippen molar-refractivity contribution in [2.45, 2.75) is 0 Å². The highest BCUT2D eigenvalue weighted by Gasteiger charge is 1.45. The summed E-state index contributed by atoms with van der Waals surface area (Å²) >= 11 is 0. The van der Waals surface area contributed by atoms with Crippen molar-refractivity contribution in [3.05, 3.63) is 12.4 Å². The molecule has 0 fully saturated rings. The number of rotatable bonds is 0. The summed E-state index contributed by atoms with van der Waals surface area (Å²) < 4.78 is 10.7. The Balaban J connectivity index is 3.04. The first-order chi connectivity index (χ1) is 2.41. The van der Waals surface area contributed by atoms with Crippen LogP contribution < -0.4 is 0 Å². The van der Waals surface area contributed by atoms with E-state index in [4.69, 9.17) is 0 Å². The van der Waals surface area contributed by atoms with Crippen molar-refractivity contribution in [1.29, 1.82) is 0 Å². The highest BCUT2D eigenvalue weighted by Crippen LogP contribution is 1.63. The maximum absolute atomic E-state index is 10.7. The van der Waals surface area contributed by atoms with Crippen LogP contribution in [0.1, 0.15) is 0 Å². The largest absolute Gasteiger partial charge is 0.215 e. The van der Waals surface area contributed by atoms with Crippen LogP contribution in [0.3, 0.4) is 0 Å². The Labute approximate surface area is 30.3 Å². The predicted molar refractivity (Wildman–Crippen MR) is 19.1 cm³/mol. The molecule has 0 radical (unpaired) electrons. The van der Waals surface area contributed by atoms with E-state index in [-0.39, 0.29) is 0 Å². The normalized spacial score (nSPS) is 8.00. The maximum Gasteiger partial charge on any atom is 0.0950 e. The predicted octanol–water partition coefficient (Wildman–Crippen LogP) is 1.10. The molecule has 0 aliphatic heterocycles. The van der Waals surface area contributed by atoms with E-state index in [0.29, 0.717) is 6.33 Å². The molecule has 0 nitrogen and oxygen atoms in total. The Hall–Kier alpha value is -0.770. The molecule has 5 heavy (non-hydrogen) atoms. The molecule has 0 aromatic heterocycles. The van der Waals surface area contributed by atoms with Gasteiger partial charge in [0.2, 0.25) is 0 Å². The van der Waals surface area contributed by atoms with E-state index >= 15 is 0 Å². The van der Waals surface area contributed by atoms with Crippen molar-refractivity contribution in [3.63, 3.8) is 0 Å². The molecule has 0 N–H and O–H groups in total. The van der Waals surface area contributed by atoms with E-state index in [1.54, 1.807) is 0 Å². The monoisotopic (exact) mass is 70.0 g/mol. The molecule has 0 amide bonds. The Morgan fingerprint density at radius 1 is 1.80 bits per heavy atom. The summed E-state index contributed by atoms with van der Waals surface area (Å²) in [7, 11) is 0. The first-order valence-corrected chi connectivity index (χ1v) is 1.13. The summed E-state index contributed by atoms with van der Waals surface area (Å²) in [6.07, 6.45) is 5.87. The minimum atomic E-state index is 0.319. The Bertz CT molecular complexity index is 66.2. The van der Waals surface area contributed by atoms with Crippen molar-refractivity contribution in [3.8, 4) is 12.3 Å². The first-order valence-electron chi connectivity index (χ1n) is 1.13. The zero-order chi connectivity index (χ0) is 4.12. The van der Waals surface area contributed by atoms with Gasteiger partial charge in [-0.2, -0.15) is 0 Å². The molecule has 1 heteroatoms. The van der Waals surface area contributed by atoms with Gasteiger partial charge in [0.15, 0.2) is 0 Å². The highest BCUT2D eigenvalue weighted by atomic mass is 19.1. The SMILES string of the molecule is C#C/C=C/F. The van der Waals surface area contributed by atoms with E-state index in [9.17, 15) is 4.39 Å². The second kappa shape index (κ2) is 3.23. The van der Waals surface area contributed by atoms with Crippen molar-refractivity contribution in [2.24, 2.45) is 0 Å². The van der Waals surface area contributed by atoms with Crippen LogP contribution in [-0.4, -0.2) is 0 Å². The molecule has 0 aliphatic carbocycles. The molecule has 0 heterocycles. The molecule has 0 rings (SSSR count). The number of allylic oxidation sites excluding steroid dienone is 1. The summed E-state index contributed by atoms with van der Waals surface area (Å²) in [5, 5.41) is 0. The lowest BCUT2D eigenvalue weighted by molar-refractivity contribution is 0.722. The highest BCUT2D eigenvalue weighted by molar-refractivity contribution is 5.05. The van der Waals surface area contributed by atoms with Gasteiger partial charge in [-0.25, -0.2) is 4.39 Å². The van der Waals surface area contributed by atoms with E-state index in [0.717, 1.165) is 6.08 Å². The third-order valence-corrected chi connectivity index (χ3v) is 0.159. The van der Waals surface area contributed by atoms with Gasteiger partial charge in [-0.3, -0.25) is 0 Å². The standard InChI is InChI=1S/C4H3F/c1-2-3-4-5/h1,3-4H/b4-3+. The van der Waals surface area contributed by atoms with Gasteiger partial charge in [-0.15, -0.1) is 6.42 Å². The van der Waals surface area contributed by atoms with Gasteiger partial charge in [-0.1, -0.05) is 5.92 Å². The van der Waals surface area contributed by atoms with Crippen LogP contribution in [0.25, 0.3) is 0 Å². The van der Waals surface area contributed by atoms with Gasteiger partial charge in [0.05, 0.1) is 6.33 Å². The van der Waals surface area contributed by atoms with Crippen LogP contribution in [0.15, 0.2) is 12.4 Å². The smallest absolute Gasteiger partial charge is 0.0950 e. The quantitative estimate of drug-likeness (QED) is 0.374. The fourth-order valence-corrected chi connectivity index (χ4v) is 0.0364. The Morgan fingerprint density at radius 2 is 2.40 bits per heavy atom. The molecule has 0 aromatic rings. The molecule has 26 valence electrons. The van der Waals surface area contributed by atoms with Crippen LogP contribution in [0.4, 0.5) is 4.39 Å². The van der Waals surface area contributed by atoms with Gasteiger partial charge in [0.25, 0.3) is 0 Å². The number of halogens is 1. The van der Waals surface area contributed by atoms with Crippen LogP contribution >= 0.6 is 0 Å². The number of hydrogen-bond acceptors (Lipinski definition) is 0. The average molecular weight is 70.1 g/mol. The van der Waals surface area contributed by atoms with E-state index in [2.05, 4.69) is 6.42 Å². The third-order valence-electron chi connectivity index (χ3n) is 0.159. The Morgan fingerprint density at radius 3 is 2.40 bits per heavy atom. The summed E-state index contributed by atoms with van der Waals surface area (Å²) in [5.41, 5.74) is 0. The van der Waals surface area contributed by atoms with Gasteiger partial charge < -0.3 is 0 Å². The number of hydrogen-bond donors (Lipinski definition) is 0. The lowest BCUT2D eigenvalue weighted by Crippen LogP contribution is -1.32. The van der Waals surface area contributed by atoms with Crippen molar-refractivity contribution < 1.29 is 4.39 Å². The Kier molecular flexibility index (Phi) is 2.73. The average Bonchev–Trinajstić information content (AvgIpc) is 1.41. The van der Waals surface area contributed by atoms with Crippen LogP contribution in [0.5, 0.6) is 0 Å². The van der Waals surface area contributed by atoms with E-state index in [1.807, 2.05) is 5.92 Å². The second-order valence-electron chi connectivity index (χ2n) is 0.459. The molecular formula is C4H3F. The molecule has 0 atom stereocenters. The fraction of sp³-hybridized carbons (Fsp3) is 0. The summed E-state index contributed by atoms with van der Waals surface area (Å²) in [5.74, 6) is 1.96. The van der Waals surface area contributed by atoms with Crippen LogP contribution in [-0.2, 0) is 0 Å². The van der Waals surface area contributed by atoms with Gasteiger partial charge >= 0.3 is 0 Å². The maximum atomic E-state index is 10.7. The van der Waals surface area contributed by atoms with Crippen molar-refractivity contribution in [2.75, 3.05) is 0 Å². The molecule has 0 aliphatic rings. The van der Waals surface area contributed by atoms with Crippen molar-refractivity contribution in [1.82, 2.24) is 0 Å². The zero-order valence-electron chi connectivity index (χ0n) is 2.61. The summed E-state index contributed by atoms with van der Waals surface area (Å²) in [4.78, 5) is 0. The summed E-state index contributed by atoms with van der Waals surface area (Å²) in [6, 6.07) is 0. The lowest BCUT2D eigenvalue weighted by Gasteiger charge is -1.48. The van der Waals surface area contributed by atoms with Gasteiger partial charge in [-0.05, 0) is 0 Å². The summed E-state index contributed by atoms with van der Waals surface area (Å²) in [6.45, 7) is 0. The lowest BCUT2D eigenvalue weighted by atomic mass is 10.7. The first kappa shape index (κ1) is 4.23. The van der Waals surface area contributed by atoms with E-state index in [1.165, 1.54) is 0 Å². The van der Waals surface area contributed by atoms with Gasteiger partial charge in [0, 0.05) is 6.08 Å². The van der Waals surface area contributed by atoms with Crippen LogP contribution in [0.2, 0.25) is 0 Å². The second-order valence-corrected chi connectivity index (χ2v) is 0.459. The zero-order valence-corrected chi connectivity index (χ0v) is 2.61. The third kappa shape index (κ3) is 3.23. The van der Waals surface area contributed by atoms with Gasteiger partial charge in [0.1, 0.15) is 0 Å². The molecule has 0 unspecified atom stereocenters. The topological polar surface area (TPSA) is 0 Å². The molecule has 0 spiro atoms. The fourth-order valence-electron chi connectivity index (χ4n) is 0.0364. The van der Waals surface area contributed by atoms with Crippen molar-refractivity contribution >= 4 is 0 Å². The number of terminal acetylenes is 1. The molecule has 0 aromatic carbocycles. The van der Waals surface area contributed by atoms with E-state index < -0.39 is 0 Å². The van der Waals surface area contributed by atoms with Crippen LogP contribution in [0, 0.1) is 12.3 Å². The molecular weight excluding hydrogens is 67.0 g/mol. The minimum Gasteiger partial charge on any atom is -0.215 e.